The fourth-order valence-electron chi connectivity index (χ4n) is 1.69. The molecular weight excluding hydrogens is 292 g/mol. The van der Waals surface area contributed by atoms with Crippen molar-refractivity contribution in [1.29, 1.82) is 0 Å². The van der Waals surface area contributed by atoms with Crippen molar-refractivity contribution in [1.82, 2.24) is 10.6 Å². The van der Waals surface area contributed by atoms with Gasteiger partial charge in [-0.1, -0.05) is 11.6 Å². The number of nitrogens with one attached hydrogen (secondary N) is 2. The summed E-state index contributed by atoms with van der Waals surface area (Å²) in [6.07, 6.45) is 0.442. The lowest BCUT2D eigenvalue weighted by Gasteiger charge is -2.19. The van der Waals surface area contributed by atoms with Crippen molar-refractivity contribution in [3.05, 3.63) is 21.3 Å². The predicted octanol–water partition coefficient (Wildman–Crippen LogP) is 0.885. The summed E-state index contributed by atoms with van der Waals surface area (Å²) in [6, 6.07) is 2.60. The first kappa shape index (κ1) is 13.7. The highest BCUT2D eigenvalue weighted by Gasteiger charge is 2.39. The van der Waals surface area contributed by atoms with Crippen molar-refractivity contribution >= 4 is 46.6 Å². The lowest BCUT2D eigenvalue weighted by molar-refractivity contribution is -0.142. The normalized spacial score (nSPS) is 16.2. The summed E-state index contributed by atoms with van der Waals surface area (Å²) < 4.78 is 0.612. The molecule has 2 rings (SSSR count). The fourth-order valence-corrected chi connectivity index (χ4v) is 2.77. The molecule has 4 amide bonds. The van der Waals surface area contributed by atoms with Gasteiger partial charge in [0, 0.05) is 11.3 Å². The molecule has 2 N–H and O–H groups in total. The third kappa shape index (κ3) is 3.18. The van der Waals surface area contributed by atoms with Gasteiger partial charge in [0.15, 0.2) is 11.7 Å². The fraction of sp³-hybridized carbons (Fsp3) is 0.273. The van der Waals surface area contributed by atoms with Gasteiger partial charge in [0.2, 0.25) is 11.8 Å². The Morgan fingerprint density at radius 1 is 1.21 bits per heavy atom. The van der Waals surface area contributed by atoms with E-state index in [2.05, 4.69) is 0 Å². The number of halogens is 1. The molecule has 19 heavy (non-hydrogen) atoms. The van der Waals surface area contributed by atoms with Crippen LogP contribution in [0.3, 0.4) is 0 Å². The first-order chi connectivity index (χ1) is 8.97. The van der Waals surface area contributed by atoms with Gasteiger partial charge in [-0.05, 0) is 18.6 Å². The Hall–Kier alpha value is -1.73. The number of carbonyl (C=O) groups is 4. The number of imide groups is 2. The minimum atomic E-state index is -1.45. The minimum Gasteiger partial charge on any atom is -0.298 e. The average Bonchev–Trinajstić information content (AvgIpc) is 2.71. The standard InChI is InChI=1S/C11H9ClN2O4S/c12-7-4-2-5(19-7)1-3-6(15)8-9(16)13-11(18)14-10(8)17/h2,4,8H,1,3H2,(H2,13,14,16,17,18). The summed E-state index contributed by atoms with van der Waals surface area (Å²) in [5, 5.41) is 3.79. The molecule has 0 aromatic carbocycles. The van der Waals surface area contributed by atoms with Gasteiger partial charge >= 0.3 is 6.03 Å². The highest BCUT2D eigenvalue weighted by atomic mass is 35.5. The van der Waals surface area contributed by atoms with Crippen LogP contribution in [0.5, 0.6) is 0 Å². The van der Waals surface area contributed by atoms with E-state index in [1.54, 1.807) is 12.1 Å². The third-order valence-electron chi connectivity index (χ3n) is 2.57. The number of urea groups is 1. The largest absolute Gasteiger partial charge is 0.328 e. The molecule has 1 aliphatic rings. The smallest absolute Gasteiger partial charge is 0.298 e. The number of aryl methyl sites for hydroxylation is 1. The Morgan fingerprint density at radius 3 is 2.37 bits per heavy atom. The summed E-state index contributed by atoms with van der Waals surface area (Å²) in [5.41, 5.74) is 0. The van der Waals surface area contributed by atoms with E-state index in [4.69, 9.17) is 11.6 Å². The van der Waals surface area contributed by atoms with E-state index in [-0.39, 0.29) is 6.42 Å². The lowest BCUT2D eigenvalue weighted by atomic mass is 9.97. The number of Topliss-reactive ketones (excluding diaryl/α,β-unsaturated/α-hetero) is 1. The average molecular weight is 301 g/mol. The highest BCUT2D eigenvalue weighted by molar-refractivity contribution is 7.16. The van der Waals surface area contributed by atoms with Gasteiger partial charge < -0.3 is 0 Å². The monoisotopic (exact) mass is 300 g/mol. The van der Waals surface area contributed by atoms with E-state index in [9.17, 15) is 19.2 Å². The van der Waals surface area contributed by atoms with Crippen LogP contribution in [-0.4, -0.2) is 23.6 Å². The second kappa shape index (κ2) is 5.50. The molecule has 0 aliphatic carbocycles. The van der Waals surface area contributed by atoms with Crippen LogP contribution in [-0.2, 0) is 20.8 Å². The topological polar surface area (TPSA) is 92.3 Å². The number of barbiturate groups is 1. The molecule has 1 aliphatic heterocycles. The van der Waals surface area contributed by atoms with Crippen molar-refractivity contribution in [2.75, 3.05) is 0 Å². The second-order valence-electron chi connectivity index (χ2n) is 3.91. The molecule has 0 unspecified atom stereocenters. The number of amides is 4. The molecule has 6 nitrogen and oxygen atoms in total. The van der Waals surface area contributed by atoms with Crippen LogP contribution in [0.15, 0.2) is 12.1 Å². The zero-order valence-electron chi connectivity index (χ0n) is 9.57. The molecule has 0 radical (unpaired) electrons. The molecule has 0 spiro atoms. The van der Waals surface area contributed by atoms with Crippen molar-refractivity contribution in [2.24, 2.45) is 5.92 Å². The number of thiophene rings is 1. The summed E-state index contributed by atoms with van der Waals surface area (Å²) in [4.78, 5) is 46.5. The molecule has 0 atom stereocenters. The van der Waals surface area contributed by atoms with E-state index in [1.165, 1.54) is 11.3 Å². The molecule has 8 heteroatoms. The van der Waals surface area contributed by atoms with Crippen LogP contribution in [0, 0.1) is 5.92 Å². The molecular formula is C11H9ClN2O4S. The zero-order valence-corrected chi connectivity index (χ0v) is 11.1. The van der Waals surface area contributed by atoms with E-state index in [1.807, 2.05) is 10.6 Å². The Bertz CT molecular complexity index is 549. The van der Waals surface area contributed by atoms with E-state index < -0.39 is 29.5 Å². The SMILES string of the molecule is O=C1NC(=O)C(C(=O)CCc2ccc(Cl)s2)C(=O)N1. The zero-order chi connectivity index (χ0) is 14.0. The van der Waals surface area contributed by atoms with Crippen molar-refractivity contribution in [3.63, 3.8) is 0 Å². The van der Waals surface area contributed by atoms with Crippen molar-refractivity contribution in [3.8, 4) is 0 Å². The molecule has 100 valence electrons. The highest BCUT2D eigenvalue weighted by Crippen LogP contribution is 2.23. The van der Waals surface area contributed by atoms with Gasteiger partial charge in [-0.15, -0.1) is 11.3 Å². The van der Waals surface area contributed by atoms with Crippen LogP contribution in [0.2, 0.25) is 4.34 Å². The number of ketones is 1. The molecule has 1 fully saturated rings. The van der Waals surface area contributed by atoms with Crippen LogP contribution in [0.25, 0.3) is 0 Å². The number of hydrogen-bond donors (Lipinski definition) is 2. The molecule has 1 aromatic heterocycles. The second-order valence-corrected chi connectivity index (χ2v) is 5.71. The summed E-state index contributed by atoms with van der Waals surface area (Å²) >= 11 is 7.09. The Labute approximate surface area is 117 Å². The summed E-state index contributed by atoms with van der Waals surface area (Å²) in [6.45, 7) is 0. The number of rotatable bonds is 4. The minimum absolute atomic E-state index is 0.0382. The third-order valence-corrected chi connectivity index (χ3v) is 3.86. The first-order valence-electron chi connectivity index (χ1n) is 5.40. The molecule has 0 bridgehead atoms. The first-order valence-corrected chi connectivity index (χ1v) is 6.59. The maximum absolute atomic E-state index is 11.8. The van der Waals surface area contributed by atoms with Gasteiger partial charge in [0.05, 0.1) is 4.34 Å². The van der Waals surface area contributed by atoms with E-state index >= 15 is 0 Å². The van der Waals surface area contributed by atoms with E-state index in [0.717, 1.165) is 4.88 Å². The van der Waals surface area contributed by atoms with Gasteiger partial charge in [0.25, 0.3) is 0 Å². The van der Waals surface area contributed by atoms with Crippen LogP contribution in [0.1, 0.15) is 11.3 Å². The quantitative estimate of drug-likeness (QED) is 0.808. The molecule has 1 aromatic rings. The lowest BCUT2D eigenvalue weighted by Crippen LogP contribution is -2.57. The number of hydrogen-bond acceptors (Lipinski definition) is 5. The van der Waals surface area contributed by atoms with Crippen LogP contribution >= 0.6 is 22.9 Å². The van der Waals surface area contributed by atoms with Gasteiger partial charge in [0.1, 0.15) is 0 Å². The maximum Gasteiger partial charge on any atom is 0.328 e. The predicted molar refractivity (Wildman–Crippen MR) is 67.8 cm³/mol. The van der Waals surface area contributed by atoms with Gasteiger partial charge in [-0.3, -0.25) is 25.0 Å². The Balaban J connectivity index is 1.97. The molecule has 2 heterocycles. The van der Waals surface area contributed by atoms with Crippen molar-refractivity contribution < 1.29 is 19.2 Å². The van der Waals surface area contributed by atoms with Crippen LogP contribution in [0.4, 0.5) is 4.79 Å². The Kier molecular flexibility index (Phi) is 3.96. The summed E-state index contributed by atoms with van der Waals surface area (Å²) in [7, 11) is 0. The summed E-state index contributed by atoms with van der Waals surface area (Å²) in [5.74, 6) is -3.72. The maximum atomic E-state index is 11.8. The van der Waals surface area contributed by atoms with Crippen molar-refractivity contribution in [2.45, 2.75) is 12.8 Å². The van der Waals surface area contributed by atoms with E-state index in [0.29, 0.717) is 10.8 Å². The van der Waals surface area contributed by atoms with Gasteiger partial charge in [-0.2, -0.15) is 0 Å². The van der Waals surface area contributed by atoms with Gasteiger partial charge in [-0.25, -0.2) is 4.79 Å². The molecule has 0 saturated carbocycles. The molecule has 1 saturated heterocycles. The number of carbonyl (C=O) groups excluding carboxylic acids is 4. The van der Waals surface area contributed by atoms with Crippen LogP contribution < -0.4 is 10.6 Å². The Morgan fingerprint density at radius 2 is 1.84 bits per heavy atom.